The summed E-state index contributed by atoms with van der Waals surface area (Å²) in [6.45, 7) is 1.83. The van der Waals surface area contributed by atoms with Crippen LogP contribution in [0.1, 0.15) is 19.3 Å². The second kappa shape index (κ2) is 7.70. The maximum Gasteiger partial charge on any atom is 0.262 e. The molecule has 0 spiro atoms. The van der Waals surface area contributed by atoms with Crippen LogP contribution in [-0.2, 0) is 11.3 Å². The SMILES string of the molecule is O=C(Cn1cnc2sccc2c1=O)Nc1cc(Cl)ccc1N1CCCCC1. The van der Waals surface area contributed by atoms with E-state index in [0.717, 1.165) is 31.6 Å². The number of hydrogen-bond acceptors (Lipinski definition) is 5. The topological polar surface area (TPSA) is 67.2 Å². The summed E-state index contributed by atoms with van der Waals surface area (Å²) in [5.41, 5.74) is 1.43. The van der Waals surface area contributed by atoms with Crippen LogP contribution in [0.2, 0.25) is 5.02 Å². The molecule has 1 N–H and O–H groups in total. The lowest BCUT2D eigenvalue weighted by Crippen LogP contribution is -2.31. The highest BCUT2D eigenvalue weighted by Crippen LogP contribution is 2.31. The summed E-state index contributed by atoms with van der Waals surface area (Å²) < 4.78 is 1.33. The first-order valence-electron chi connectivity index (χ1n) is 8.89. The number of thiophene rings is 1. The predicted molar refractivity (Wildman–Crippen MR) is 110 cm³/mol. The minimum atomic E-state index is -0.283. The van der Waals surface area contributed by atoms with Gasteiger partial charge in [-0.2, -0.15) is 0 Å². The number of benzene rings is 1. The maximum atomic E-state index is 12.6. The number of piperidine rings is 1. The van der Waals surface area contributed by atoms with Gasteiger partial charge in [0.25, 0.3) is 5.56 Å². The number of amides is 1. The Morgan fingerprint density at radius 3 is 2.85 bits per heavy atom. The molecule has 2 aromatic heterocycles. The lowest BCUT2D eigenvalue weighted by atomic mass is 10.1. The molecular weight excluding hydrogens is 384 g/mol. The van der Waals surface area contributed by atoms with Crippen molar-refractivity contribution in [1.29, 1.82) is 0 Å². The minimum absolute atomic E-state index is 0.0937. The standard InChI is InChI=1S/C19H19ClN4O2S/c20-13-4-5-16(23-7-2-1-3-8-23)15(10-13)22-17(25)11-24-12-21-18-14(19(24)26)6-9-27-18/h4-6,9-10,12H,1-3,7-8,11H2,(H,22,25). The molecule has 1 aromatic carbocycles. The molecule has 1 aliphatic heterocycles. The second-order valence-electron chi connectivity index (χ2n) is 6.57. The zero-order chi connectivity index (χ0) is 18.8. The molecule has 1 amide bonds. The Morgan fingerprint density at radius 2 is 2.04 bits per heavy atom. The van der Waals surface area contributed by atoms with Crippen molar-refractivity contribution in [3.05, 3.63) is 51.3 Å². The molecule has 0 radical (unpaired) electrons. The van der Waals surface area contributed by atoms with E-state index in [1.54, 1.807) is 12.1 Å². The van der Waals surface area contributed by atoms with Crippen molar-refractivity contribution in [3.8, 4) is 0 Å². The molecular formula is C19H19ClN4O2S. The van der Waals surface area contributed by atoms with Gasteiger partial charge in [-0.05, 0) is 48.9 Å². The summed E-state index contributed by atoms with van der Waals surface area (Å²) in [5, 5.41) is 5.83. The average Bonchev–Trinajstić information content (AvgIpc) is 3.14. The number of nitrogens with zero attached hydrogens (tertiary/aromatic N) is 3. The van der Waals surface area contributed by atoms with E-state index < -0.39 is 0 Å². The van der Waals surface area contributed by atoms with Crippen LogP contribution in [-0.4, -0.2) is 28.5 Å². The summed E-state index contributed by atoms with van der Waals surface area (Å²) >= 11 is 7.55. The van der Waals surface area contributed by atoms with Gasteiger partial charge in [0.1, 0.15) is 11.4 Å². The fourth-order valence-electron chi connectivity index (χ4n) is 3.37. The molecule has 0 saturated carbocycles. The Bertz CT molecular complexity index is 1040. The van der Waals surface area contributed by atoms with Crippen molar-refractivity contribution in [2.45, 2.75) is 25.8 Å². The molecule has 3 heterocycles. The van der Waals surface area contributed by atoms with Gasteiger partial charge in [0.15, 0.2) is 0 Å². The van der Waals surface area contributed by atoms with Gasteiger partial charge in [0.05, 0.1) is 23.1 Å². The molecule has 8 heteroatoms. The van der Waals surface area contributed by atoms with Crippen molar-refractivity contribution in [2.75, 3.05) is 23.3 Å². The number of nitrogens with one attached hydrogen (secondary N) is 1. The van der Waals surface area contributed by atoms with Gasteiger partial charge in [-0.25, -0.2) is 4.98 Å². The molecule has 6 nitrogen and oxygen atoms in total. The fourth-order valence-corrected chi connectivity index (χ4v) is 4.26. The lowest BCUT2D eigenvalue weighted by molar-refractivity contribution is -0.116. The lowest BCUT2D eigenvalue weighted by Gasteiger charge is -2.30. The third kappa shape index (κ3) is 3.84. The van der Waals surface area contributed by atoms with Gasteiger partial charge in [0, 0.05) is 18.1 Å². The minimum Gasteiger partial charge on any atom is -0.370 e. The zero-order valence-electron chi connectivity index (χ0n) is 14.7. The number of carbonyl (C=O) groups is 1. The van der Waals surface area contributed by atoms with Crippen molar-refractivity contribution < 1.29 is 4.79 Å². The highest BCUT2D eigenvalue weighted by molar-refractivity contribution is 7.16. The van der Waals surface area contributed by atoms with Crippen LogP contribution in [0.25, 0.3) is 10.2 Å². The number of fused-ring (bicyclic) bond motifs is 1. The van der Waals surface area contributed by atoms with Crippen LogP contribution in [0.15, 0.2) is 40.8 Å². The third-order valence-corrected chi connectivity index (χ3v) is 5.75. The van der Waals surface area contributed by atoms with E-state index in [0.29, 0.717) is 20.9 Å². The molecule has 0 unspecified atom stereocenters. The fraction of sp³-hybridized carbons (Fsp3) is 0.316. The highest BCUT2D eigenvalue weighted by atomic mass is 35.5. The van der Waals surface area contributed by atoms with Crippen LogP contribution in [0.4, 0.5) is 11.4 Å². The molecule has 0 aliphatic carbocycles. The van der Waals surface area contributed by atoms with Crippen LogP contribution in [0, 0.1) is 0 Å². The number of anilines is 2. The van der Waals surface area contributed by atoms with Crippen molar-refractivity contribution in [1.82, 2.24) is 9.55 Å². The van der Waals surface area contributed by atoms with Crippen LogP contribution >= 0.6 is 22.9 Å². The van der Waals surface area contributed by atoms with Gasteiger partial charge in [-0.15, -0.1) is 11.3 Å². The average molecular weight is 403 g/mol. The Morgan fingerprint density at radius 1 is 1.22 bits per heavy atom. The number of halogens is 1. The van der Waals surface area contributed by atoms with Crippen LogP contribution in [0.3, 0.4) is 0 Å². The Balaban J connectivity index is 1.56. The summed E-state index contributed by atoms with van der Waals surface area (Å²) in [7, 11) is 0. The molecule has 27 heavy (non-hydrogen) atoms. The molecule has 140 valence electrons. The number of carbonyl (C=O) groups excluding carboxylic acids is 1. The van der Waals surface area contributed by atoms with Crippen molar-refractivity contribution >= 4 is 50.4 Å². The van der Waals surface area contributed by atoms with Gasteiger partial charge in [-0.1, -0.05) is 11.6 Å². The van der Waals surface area contributed by atoms with Crippen LogP contribution < -0.4 is 15.8 Å². The summed E-state index contributed by atoms with van der Waals surface area (Å²) in [4.78, 5) is 32.2. The first kappa shape index (κ1) is 18.0. The van der Waals surface area contributed by atoms with E-state index in [9.17, 15) is 9.59 Å². The van der Waals surface area contributed by atoms with Crippen molar-refractivity contribution in [3.63, 3.8) is 0 Å². The molecule has 0 bridgehead atoms. The first-order valence-corrected chi connectivity index (χ1v) is 10.1. The van der Waals surface area contributed by atoms with Crippen molar-refractivity contribution in [2.24, 2.45) is 0 Å². The monoisotopic (exact) mass is 402 g/mol. The number of hydrogen-bond donors (Lipinski definition) is 1. The first-order chi connectivity index (χ1) is 13.1. The smallest absolute Gasteiger partial charge is 0.262 e. The van der Waals surface area contributed by atoms with Gasteiger partial charge >= 0.3 is 0 Å². The predicted octanol–water partition coefficient (Wildman–Crippen LogP) is 3.74. The van der Waals surface area contributed by atoms with Gasteiger partial charge < -0.3 is 10.2 Å². The Hall–Kier alpha value is -2.38. The normalized spacial score (nSPS) is 14.5. The Kier molecular flexibility index (Phi) is 5.13. The number of rotatable bonds is 4. The van der Waals surface area contributed by atoms with Crippen LogP contribution in [0.5, 0.6) is 0 Å². The second-order valence-corrected chi connectivity index (χ2v) is 7.91. The molecule has 1 aliphatic rings. The summed E-state index contributed by atoms with van der Waals surface area (Å²) in [6.07, 6.45) is 4.92. The van der Waals surface area contributed by atoms with Gasteiger partial charge in [-0.3, -0.25) is 14.2 Å². The quantitative estimate of drug-likeness (QED) is 0.721. The van der Waals surface area contributed by atoms with E-state index in [1.807, 2.05) is 17.5 Å². The maximum absolute atomic E-state index is 12.6. The van der Waals surface area contributed by atoms with Gasteiger partial charge in [0.2, 0.25) is 5.91 Å². The van der Waals surface area contributed by atoms with E-state index in [2.05, 4.69) is 15.2 Å². The van der Waals surface area contributed by atoms with E-state index >= 15 is 0 Å². The molecule has 3 aromatic rings. The van der Waals surface area contributed by atoms with E-state index in [-0.39, 0.29) is 18.0 Å². The Labute approximate surface area is 165 Å². The summed E-state index contributed by atoms with van der Waals surface area (Å²) in [6, 6.07) is 7.26. The third-order valence-electron chi connectivity index (χ3n) is 4.69. The zero-order valence-corrected chi connectivity index (χ0v) is 16.2. The van der Waals surface area contributed by atoms with E-state index in [4.69, 9.17) is 11.6 Å². The molecule has 1 saturated heterocycles. The molecule has 1 fully saturated rings. The number of aromatic nitrogens is 2. The largest absolute Gasteiger partial charge is 0.370 e. The van der Waals surface area contributed by atoms with E-state index in [1.165, 1.54) is 28.7 Å². The summed E-state index contributed by atoms with van der Waals surface area (Å²) in [5.74, 6) is -0.283. The molecule has 0 atom stereocenters. The molecule has 4 rings (SSSR count). The highest BCUT2D eigenvalue weighted by Gasteiger charge is 2.17.